The van der Waals surface area contributed by atoms with Crippen LogP contribution in [0.25, 0.3) is 0 Å². The lowest BCUT2D eigenvalue weighted by Crippen LogP contribution is -2.00. The predicted octanol–water partition coefficient (Wildman–Crippen LogP) is 4.89. The van der Waals surface area contributed by atoms with Gasteiger partial charge in [-0.25, -0.2) is 0 Å². The number of hydrogen-bond donors (Lipinski definition) is 0. The van der Waals surface area contributed by atoms with Crippen LogP contribution in [0.4, 0.5) is 0 Å². The first-order valence-electron chi connectivity index (χ1n) is 6.96. The fourth-order valence-electron chi connectivity index (χ4n) is 1.83. The topological polar surface area (TPSA) is 26.3 Å². The van der Waals surface area contributed by atoms with Crippen LogP contribution >= 0.6 is 22.6 Å². The zero-order valence-corrected chi connectivity index (χ0v) is 13.3. The molecule has 0 radical (unpaired) electrons. The normalized spacial score (nSPS) is 10.5. The van der Waals surface area contributed by atoms with Gasteiger partial charge in [0.1, 0.15) is 0 Å². The summed E-state index contributed by atoms with van der Waals surface area (Å²) >= 11 is 2.45. The second kappa shape index (κ2) is 14.3. The maximum absolute atomic E-state index is 10.5. The average molecular weight is 354 g/mol. The lowest BCUT2D eigenvalue weighted by Gasteiger charge is -2.03. The summed E-state index contributed by atoms with van der Waals surface area (Å²) in [5.74, 6) is -0.156. The van der Waals surface area contributed by atoms with Crippen LogP contribution in [0.3, 0.4) is 0 Å². The van der Waals surface area contributed by atoms with Crippen LogP contribution in [0.5, 0.6) is 0 Å². The molecule has 0 atom stereocenters. The molecular weight excluding hydrogens is 327 g/mol. The smallest absolute Gasteiger partial charge is 0.302 e. The average Bonchev–Trinajstić information content (AvgIpc) is 2.30. The van der Waals surface area contributed by atoms with E-state index in [2.05, 4.69) is 22.6 Å². The largest absolute Gasteiger partial charge is 0.466 e. The van der Waals surface area contributed by atoms with Crippen LogP contribution in [0, 0.1) is 0 Å². The molecule has 0 saturated heterocycles. The zero-order chi connectivity index (χ0) is 12.8. The standard InChI is InChI=1S/C14H27IO2/c1-14(16)17-13-11-9-7-5-3-2-4-6-8-10-12-15/h2-13H2,1H3. The molecule has 0 bridgehead atoms. The Kier molecular flexibility index (Phi) is 14.4. The maximum atomic E-state index is 10.5. The highest BCUT2D eigenvalue weighted by Crippen LogP contribution is 2.11. The van der Waals surface area contributed by atoms with Crippen molar-refractivity contribution in [1.82, 2.24) is 0 Å². The van der Waals surface area contributed by atoms with Gasteiger partial charge in [-0.1, -0.05) is 74.0 Å². The van der Waals surface area contributed by atoms with Crippen molar-refractivity contribution in [2.75, 3.05) is 11.0 Å². The summed E-state index contributed by atoms with van der Waals surface area (Å²) in [7, 11) is 0. The summed E-state index contributed by atoms with van der Waals surface area (Å²) in [5, 5.41) is 0. The van der Waals surface area contributed by atoms with Gasteiger partial charge in [-0.2, -0.15) is 0 Å². The van der Waals surface area contributed by atoms with E-state index in [9.17, 15) is 4.79 Å². The summed E-state index contributed by atoms with van der Waals surface area (Å²) in [4.78, 5) is 10.5. The number of alkyl halides is 1. The van der Waals surface area contributed by atoms with Gasteiger partial charge in [0.25, 0.3) is 0 Å². The number of esters is 1. The molecule has 17 heavy (non-hydrogen) atoms. The van der Waals surface area contributed by atoms with Gasteiger partial charge < -0.3 is 4.74 Å². The van der Waals surface area contributed by atoms with E-state index in [1.165, 1.54) is 69.1 Å². The summed E-state index contributed by atoms with van der Waals surface area (Å²) in [5.41, 5.74) is 0. The van der Waals surface area contributed by atoms with Crippen LogP contribution in [-0.2, 0) is 9.53 Å². The van der Waals surface area contributed by atoms with E-state index >= 15 is 0 Å². The third-order valence-electron chi connectivity index (χ3n) is 2.83. The first-order valence-corrected chi connectivity index (χ1v) is 8.49. The molecule has 0 amide bonds. The first-order chi connectivity index (χ1) is 8.27. The molecule has 0 aliphatic rings. The number of ether oxygens (including phenoxy) is 1. The number of hydrogen-bond acceptors (Lipinski definition) is 2. The Balaban J connectivity index is 2.91. The maximum Gasteiger partial charge on any atom is 0.302 e. The molecule has 0 rings (SSSR count). The Morgan fingerprint density at radius 3 is 1.65 bits per heavy atom. The van der Waals surface area contributed by atoms with Gasteiger partial charge in [0.15, 0.2) is 0 Å². The monoisotopic (exact) mass is 354 g/mol. The van der Waals surface area contributed by atoms with Gasteiger partial charge in [-0.3, -0.25) is 4.79 Å². The molecule has 0 unspecified atom stereocenters. The molecule has 0 saturated carbocycles. The van der Waals surface area contributed by atoms with Gasteiger partial charge in [0.05, 0.1) is 6.61 Å². The Morgan fingerprint density at radius 1 is 0.824 bits per heavy atom. The SMILES string of the molecule is CC(=O)OCCCCCCCCCCCCI. The van der Waals surface area contributed by atoms with Crippen LogP contribution < -0.4 is 0 Å². The minimum absolute atomic E-state index is 0.156. The highest BCUT2D eigenvalue weighted by molar-refractivity contribution is 14.1. The highest BCUT2D eigenvalue weighted by Gasteiger charge is 1.94. The number of carbonyl (C=O) groups excluding carboxylic acids is 1. The molecule has 102 valence electrons. The van der Waals surface area contributed by atoms with E-state index in [0.29, 0.717) is 6.61 Å². The van der Waals surface area contributed by atoms with Gasteiger partial charge in [-0.15, -0.1) is 0 Å². The van der Waals surface area contributed by atoms with Gasteiger partial charge in [0, 0.05) is 6.92 Å². The van der Waals surface area contributed by atoms with Crippen molar-refractivity contribution in [3.8, 4) is 0 Å². The van der Waals surface area contributed by atoms with E-state index in [0.717, 1.165) is 6.42 Å². The summed E-state index contributed by atoms with van der Waals surface area (Å²) in [6, 6.07) is 0. The second-order valence-electron chi connectivity index (χ2n) is 4.56. The molecule has 0 spiro atoms. The van der Waals surface area contributed by atoms with E-state index in [-0.39, 0.29) is 5.97 Å². The van der Waals surface area contributed by atoms with Crippen LogP contribution in [0.2, 0.25) is 0 Å². The third kappa shape index (κ3) is 16.2. The minimum atomic E-state index is -0.156. The van der Waals surface area contributed by atoms with Crippen molar-refractivity contribution in [2.24, 2.45) is 0 Å². The molecule has 0 aromatic rings. The molecular formula is C14H27IO2. The Labute approximate surface area is 120 Å². The molecule has 0 N–H and O–H groups in total. The molecule has 3 heteroatoms. The lowest BCUT2D eigenvalue weighted by molar-refractivity contribution is -0.141. The number of unbranched alkanes of at least 4 members (excludes halogenated alkanes) is 9. The Hall–Kier alpha value is 0.200. The van der Waals surface area contributed by atoms with Crippen molar-refractivity contribution in [2.45, 2.75) is 71.1 Å². The van der Waals surface area contributed by atoms with E-state index in [4.69, 9.17) is 4.74 Å². The molecule has 0 aliphatic heterocycles. The van der Waals surface area contributed by atoms with Crippen LogP contribution in [0.1, 0.15) is 71.1 Å². The molecule has 0 heterocycles. The van der Waals surface area contributed by atoms with E-state index < -0.39 is 0 Å². The summed E-state index contributed by atoms with van der Waals surface area (Å²) in [6.45, 7) is 2.07. The highest BCUT2D eigenvalue weighted by atomic mass is 127. The van der Waals surface area contributed by atoms with Crippen molar-refractivity contribution < 1.29 is 9.53 Å². The minimum Gasteiger partial charge on any atom is -0.466 e. The van der Waals surface area contributed by atoms with Crippen LogP contribution in [0.15, 0.2) is 0 Å². The number of rotatable bonds is 12. The Bertz CT molecular complexity index is 172. The van der Waals surface area contributed by atoms with Crippen molar-refractivity contribution >= 4 is 28.6 Å². The molecule has 0 aromatic carbocycles. The van der Waals surface area contributed by atoms with Gasteiger partial charge in [-0.05, 0) is 17.3 Å². The third-order valence-corrected chi connectivity index (χ3v) is 3.60. The Morgan fingerprint density at radius 2 is 1.24 bits per heavy atom. The summed E-state index contributed by atoms with van der Waals surface area (Å²) in [6.07, 6.45) is 13.2. The lowest BCUT2D eigenvalue weighted by atomic mass is 10.1. The van der Waals surface area contributed by atoms with Crippen molar-refractivity contribution in [1.29, 1.82) is 0 Å². The number of carbonyl (C=O) groups is 1. The molecule has 2 nitrogen and oxygen atoms in total. The van der Waals surface area contributed by atoms with Crippen molar-refractivity contribution in [3.63, 3.8) is 0 Å². The zero-order valence-electron chi connectivity index (χ0n) is 11.2. The molecule has 0 aromatic heterocycles. The first kappa shape index (κ1) is 17.2. The van der Waals surface area contributed by atoms with E-state index in [1.54, 1.807) is 0 Å². The molecule has 0 aliphatic carbocycles. The quantitative estimate of drug-likeness (QED) is 0.216. The van der Waals surface area contributed by atoms with Gasteiger partial charge >= 0.3 is 5.97 Å². The summed E-state index contributed by atoms with van der Waals surface area (Å²) < 4.78 is 6.19. The van der Waals surface area contributed by atoms with E-state index in [1.807, 2.05) is 0 Å². The molecule has 0 fully saturated rings. The predicted molar refractivity (Wildman–Crippen MR) is 81.7 cm³/mol. The number of halogens is 1. The fraction of sp³-hybridized carbons (Fsp3) is 0.929. The second-order valence-corrected chi connectivity index (χ2v) is 5.64. The van der Waals surface area contributed by atoms with Crippen molar-refractivity contribution in [3.05, 3.63) is 0 Å². The fourth-order valence-corrected chi connectivity index (χ4v) is 2.37. The van der Waals surface area contributed by atoms with Crippen LogP contribution in [-0.4, -0.2) is 17.0 Å². The van der Waals surface area contributed by atoms with Gasteiger partial charge in [0.2, 0.25) is 0 Å².